The highest BCUT2D eigenvalue weighted by Gasteiger charge is 2.23. The van der Waals surface area contributed by atoms with Gasteiger partial charge in [0.25, 0.3) is 5.91 Å². The van der Waals surface area contributed by atoms with Gasteiger partial charge in [-0.3, -0.25) is 4.79 Å². The Morgan fingerprint density at radius 1 is 1.07 bits per heavy atom. The number of carbonyl (C=O) groups is 1. The summed E-state index contributed by atoms with van der Waals surface area (Å²) >= 11 is 0. The van der Waals surface area contributed by atoms with Crippen LogP contribution in [0.3, 0.4) is 0 Å². The van der Waals surface area contributed by atoms with Crippen molar-refractivity contribution in [1.29, 1.82) is 0 Å². The van der Waals surface area contributed by atoms with Crippen molar-refractivity contribution in [2.24, 2.45) is 0 Å². The molecule has 1 amide bonds. The Morgan fingerprint density at radius 3 is 2.54 bits per heavy atom. The van der Waals surface area contributed by atoms with Gasteiger partial charge >= 0.3 is 0 Å². The second-order valence-corrected chi connectivity index (χ2v) is 7.44. The molecule has 6 heteroatoms. The molecule has 4 rings (SSSR count). The summed E-state index contributed by atoms with van der Waals surface area (Å²) in [6, 6.07) is 16.3. The van der Waals surface area contributed by atoms with Crippen LogP contribution in [0.5, 0.6) is 11.5 Å². The molecule has 0 bridgehead atoms. The molecule has 0 radical (unpaired) electrons. The Labute approximate surface area is 166 Å². The van der Waals surface area contributed by atoms with Crippen LogP contribution in [0.25, 0.3) is 0 Å². The average Bonchev–Trinajstić information content (AvgIpc) is 2.74. The maximum atomic E-state index is 12.5. The van der Waals surface area contributed by atoms with E-state index in [2.05, 4.69) is 34.5 Å². The maximum Gasteiger partial charge on any atom is 0.275 e. The molecular weight excluding hydrogens is 354 g/mol. The molecule has 6 nitrogen and oxygen atoms in total. The number of fused-ring (bicyclic) bond motifs is 1. The molecule has 2 aromatic rings. The predicted molar refractivity (Wildman–Crippen MR) is 108 cm³/mol. The molecule has 0 spiro atoms. The average molecular weight is 382 g/mol. The predicted octanol–water partition coefficient (Wildman–Crippen LogP) is 1.04. The highest BCUT2D eigenvalue weighted by molar-refractivity contribution is 5.77. The molecule has 0 unspecified atom stereocenters. The van der Waals surface area contributed by atoms with E-state index in [0.29, 0.717) is 19.8 Å². The minimum absolute atomic E-state index is 0.0617. The molecule has 2 heterocycles. The van der Waals surface area contributed by atoms with Crippen LogP contribution < -0.4 is 24.6 Å². The van der Waals surface area contributed by atoms with Gasteiger partial charge < -0.3 is 24.6 Å². The van der Waals surface area contributed by atoms with E-state index < -0.39 is 0 Å². The third-order valence-corrected chi connectivity index (χ3v) is 5.45. The van der Waals surface area contributed by atoms with Crippen molar-refractivity contribution < 1.29 is 19.2 Å². The lowest BCUT2D eigenvalue weighted by molar-refractivity contribution is -0.892. The lowest BCUT2D eigenvalue weighted by Gasteiger charge is -2.33. The number of nitrogens with zero attached hydrogens (tertiary/aromatic N) is 1. The molecule has 148 valence electrons. The number of rotatable bonds is 5. The molecule has 0 aliphatic carbocycles. The zero-order valence-electron chi connectivity index (χ0n) is 16.3. The molecule has 1 saturated heterocycles. The van der Waals surface area contributed by atoms with Gasteiger partial charge in [-0.05, 0) is 36.8 Å². The van der Waals surface area contributed by atoms with Crippen molar-refractivity contribution in [2.75, 3.05) is 50.8 Å². The van der Waals surface area contributed by atoms with Crippen molar-refractivity contribution in [3.63, 3.8) is 0 Å². The van der Waals surface area contributed by atoms with Gasteiger partial charge in [-0.25, -0.2) is 0 Å². The summed E-state index contributed by atoms with van der Waals surface area (Å²) < 4.78 is 11.2. The summed E-state index contributed by atoms with van der Waals surface area (Å²) in [6.45, 7) is 7.56. The summed E-state index contributed by atoms with van der Waals surface area (Å²) in [5.41, 5.74) is 2.29. The van der Waals surface area contributed by atoms with E-state index in [4.69, 9.17) is 9.47 Å². The van der Waals surface area contributed by atoms with E-state index in [9.17, 15) is 4.79 Å². The first-order valence-corrected chi connectivity index (χ1v) is 10.0. The number of quaternary nitrogens is 1. The summed E-state index contributed by atoms with van der Waals surface area (Å²) in [5, 5.41) is 3.12. The Balaban J connectivity index is 1.27. The molecule has 2 aliphatic heterocycles. The molecule has 2 aromatic carbocycles. The fourth-order valence-electron chi connectivity index (χ4n) is 3.83. The molecule has 0 saturated carbocycles. The maximum absolute atomic E-state index is 12.5. The van der Waals surface area contributed by atoms with Crippen molar-refractivity contribution >= 4 is 11.6 Å². The molecule has 28 heavy (non-hydrogen) atoms. The summed E-state index contributed by atoms with van der Waals surface area (Å²) in [7, 11) is 0. The zero-order chi connectivity index (χ0) is 19.3. The van der Waals surface area contributed by atoms with Gasteiger partial charge in [0.05, 0.1) is 32.2 Å². The van der Waals surface area contributed by atoms with Gasteiger partial charge in [0.15, 0.2) is 18.0 Å². The first-order valence-electron chi connectivity index (χ1n) is 10.0. The van der Waals surface area contributed by atoms with Gasteiger partial charge in [0.2, 0.25) is 0 Å². The smallest absolute Gasteiger partial charge is 0.275 e. The number of hydrogen-bond acceptors (Lipinski definition) is 4. The van der Waals surface area contributed by atoms with E-state index in [1.54, 1.807) is 0 Å². The Kier molecular flexibility index (Phi) is 5.67. The third-order valence-electron chi connectivity index (χ3n) is 5.45. The summed E-state index contributed by atoms with van der Waals surface area (Å²) in [6.07, 6.45) is 0. The first kappa shape index (κ1) is 18.6. The van der Waals surface area contributed by atoms with Gasteiger partial charge in [0.1, 0.15) is 13.2 Å². The first-order chi connectivity index (χ1) is 13.7. The van der Waals surface area contributed by atoms with Crippen LogP contribution in [-0.2, 0) is 4.79 Å². The van der Waals surface area contributed by atoms with E-state index in [1.807, 2.05) is 31.2 Å². The second-order valence-electron chi connectivity index (χ2n) is 7.44. The Bertz CT molecular complexity index is 804. The van der Waals surface area contributed by atoms with Crippen LogP contribution >= 0.6 is 0 Å². The molecule has 0 aromatic heterocycles. The minimum atomic E-state index is -0.0617. The normalized spacial score (nSPS) is 17.8. The topological polar surface area (TPSA) is 55.2 Å². The molecule has 1 atom stereocenters. The Hall–Kier alpha value is -2.73. The zero-order valence-corrected chi connectivity index (χ0v) is 16.3. The van der Waals surface area contributed by atoms with Crippen LogP contribution in [0.4, 0.5) is 5.69 Å². The van der Waals surface area contributed by atoms with Crippen LogP contribution in [-0.4, -0.2) is 51.8 Å². The number of para-hydroxylation sites is 1. The minimum Gasteiger partial charge on any atom is -0.486 e. The number of nitrogens with one attached hydrogen (secondary N) is 2. The van der Waals surface area contributed by atoms with Gasteiger partial charge in [0, 0.05) is 5.69 Å². The van der Waals surface area contributed by atoms with Crippen LogP contribution in [0.2, 0.25) is 0 Å². The molecule has 2 aliphatic rings. The molecule has 1 fully saturated rings. The summed E-state index contributed by atoms with van der Waals surface area (Å²) in [5.74, 6) is 1.62. The van der Waals surface area contributed by atoms with Gasteiger partial charge in [-0.1, -0.05) is 24.3 Å². The van der Waals surface area contributed by atoms with Crippen molar-refractivity contribution in [3.8, 4) is 11.5 Å². The third kappa shape index (κ3) is 4.39. The van der Waals surface area contributed by atoms with E-state index in [1.165, 1.54) is 10.6 Å². The second kappa shape index (κ2) is 8.52. The molecule has 2 N–H and O–H groups in total. The SMILES string of the molecule is C[C@@H](NC(=O)C[NH+]1CCN(c2ccccc2)CC1)c1ccc2c(c1)OCCO2. The van der Waals surface area contributed by atoms with E-state index in [-0.39, 0.29) is 11.9 Å². The fourth-order valence-corrected chi connectivity index (χ4v) is 3.83. The largest absolute Gasteiger partial charge is 0.486 e. The highest BCUT2D eigenvalue weighted by atomic mass is 16.6. The van der Waals surface area contributed by atoms with E-state index >= 15 is 0 Å². The number of hydrogen-bond donors (Lipinski definition) is 2. The van der Waals surface area contributed by atoms with E-state index in [0.717, 1.165) is 43.2 Å². The highest BCUT2D eigenvalue weighted by Crippen LogP contribution is 2.32. The fraction of sp³-hybridized carbons (Fsp3) is 0.409. The summed E-state index contributed by atoms with van der Waals surface area (Å²) in [4.78, 5) is 16.3. The number of piperazine rings is 1. The van der Waals surface area contributed by atoms with Gasteiger partial charge in [-0.2, -0.15) is 0 Å². The lowest BCUT2D eigenvalue weighted by atomic mass is 10.1. The van der Waals surface area contributed by atoms with Crippen LogP contribution in [0.15, 0.2) is 48.5 Å². The number of carbonyl (C=O) groups excluding carboxylic acids is 1. The number of ether oxygens (including phenoxy) is 2. The quantitative estimate of drug-likeness (QED) is 0.812. The standard InChI is InChI=1S/C22H27N3O3/c1-17(18-7-8-20-21(15-18)28-14-13-27-20)23-22(26)16-24-9-11-25(12-10-24)19-5-3-2-4-6-19/h2-8,15,17H,9-14,16H2,1H3,(H,23,26)/p+1/t17-/m1/s1. The van der Waals surface area contributed by atoms with Crippen LogP contribution in [0.1, 0.15) is 18.5 Å². The molecular formula is C22H28N3O3+. The monoisotopic (exact) mass is 382 g/mol. The lowest BCUT2D eigenvalue weighted by Crippen LogP contribution is -3.15. The van der Waals surface area contributed by atoms with Gasteiger partial charge in [-0.15, -0.1) is 0 Å². The number of anilines is 1. The van der Waals surface area contributed by atoms with Crippen LogP contribution in [0, 0.1) is 0 Å². The number of benzene rings is 2. The van der Waals surface area contributed by atoms with Crippen molar-refractivity contribution in [1.82, 2.24) is 5.32 Å². The number of amides is 1. The van der Waals surface area contributed by atoms with Crippen molar-refractivity contribution in [3.05, 3.63) is 54.1 Å². The van der Waals surface area contributed by atoms with Crippen molar-refractivity contribution in [2.45, 2.75) is 13.0 Å². The Morgan fingerprint density at radius 2 is 1.79 bits per heavy atom.